The molecule has 1 aliphatic rings. The van der Waals surface area contributed by atoms with Gasteiger partial charge in [0.2, 0.25) is 5.91 Å². The van der Waals surface area contributed by atoms with Gasteiger partial charge in [0.1, 0.15) is 11.6 Å². The number of hydroxylamine groups is 1. The van der Waals surface area contributed by atoms with Crippen molar-refractivity contribution in [1.82, 2.24) is 15.7 Å². The zero-order chi connectivity index (χ0) is 15.3. The molecule has 1 rings (SSSR count). The first-order valence-electron chi connectivity index (χ1n) is 6.45. The predicted molar refractivity (Wildman–Crippen MR) is 68.9 cm³/mol. The van der Waals surface area contributed by atoms with E-state index in [1.54, 1.807) is 20.8 Å². The number of rotatable bonds is 3. The molecule has 0 aromatic rings. The molecule has 0 saturated carbocycles. The number of nitrogens with zero attached hydrogens (tertiary/aromatic N) is 1. The number of amides is 3. The summed E-state index contributed by atoms with van der Waals surface area (Å²) in [4.78, 5) is 36.1. The molecule has 0 bridgehead atoms. The maximum absolute atomic E-state index is 12.0. The van der Waals surface area contributed by atoms with Crippen LogP contribution in [-0.2, 0) is 14.3 Å². The lowest BCUT2D eigenvalue weighted by molar-refractivity contribution is -0.132. The van der Waals surface area contributed by atoms with E-state index < -0.39 is 29.6 Å². The average Bonchev–Trinajstić information content (AvgIpc) is 2.82. The molecule has 20 heavy (non-hydrogen) atoms. The minimum atomic E-state index is -0.722. The summed E-state index contributed by atoms with van der Waals surface area (Å²) in [5, 5.41) is 10.7. The van der Waals surface area contributed by atoms with Crippen LogP contribution in [0.1, 0.15) is 33.6 Å². The molecule has 1 aliphatic heterocycles. The Morgan fingerprint density at radius 3 is 2.55 bits per heavy atom. The first-order chi connectivity index (χ1) is 9.24. The van der Waals surface area contributed by atoms with Crippen molar-refractivity contribution in [2.75, 3.05) is 13.1 Å². The van der Waals surface area contributed by atoms with Gasteiger partial charge in [-0.25, -0.2) is 10.3 Å². The Bertz CT molecular complexity index is 391. The van der Waals surface area contributed by atoms with Gasteiger partial charge in [0.05, 0.1) is 6.54 Å². The lowest BCUT2D eigenvalue weighted by Crippen LogP contribution is -2.49. The maximum Gasteiger partial charge on any atom is 0.410 e. The third-order valence-corrected chi connectivity index (χ3v) is 2.73. The largest absolute Gasteiger partial charge is 0.444 e. The molecule has 0 spiro atoms. The number of carbonyl (C=O) groups is 3. The summed E-state index contributed by atoms with van der Waals surface area (Å²) < 4.78 is 5.24. The highest BCUT2D eigenvalue weighted by Gasteiger charge is 2.36. The zero-order valence-corrected chi connectivity index (χ0v) is 11.9. The molecule has 1 fully saturated rings. The number of nitrogens with one attached hydrogen (secondary N) is 2. The summed E-state index contributed by atoms with van der Waals surface area (Å²) in [5.74, 6) is -1.16. The third-order valence-electron chi connectivity index (χ3n) is 2.73. The second-order valence-electron chi connectivity index (χ2n) is 5.58. The molecule has 1 atom stereocenters. The molecular formula is C12H21N3O5. The van der Waals surface area contributed by atoms with Crippen molar-refractivity contribution in [3.63, 3.8) is 0 Å². The number of likely N-dealkylation sites (tertiary alicyclic amines) is 1. The fraction of sp³-hybridized carbons (Fsp3) is 0.750. The molecule has 0 unspecified atom stereocenters. The molecule has 0 aromatic heterocycles. The molecule has 1 heterocycles. The lowest BCUT2D eigenvalue weighted by Gasteiger charge is -2.27. The Morgan fingerprint density at radius 2 is 2.00 bits per heavy atom. The summed E-state index contributed by atoms with van der Waals surface area (Å²) in [7, 11) is 0. The number of ether oxygens (including phenoxy) is 1. The fourth-order valence-electron chi connectivity index (χ4n) is 1.90. The van der Waals surface area contributed by atoms with Crippen molar-refractivity contribution in [2.45, 2.75) is 45.3 Å². The monoisotopic (exact) mass is 287 g/mol. The van der Waals surface area contributed by atoms with Crippen LogP contribution in [0, 0.1) is 0 Å². The van der Waals surface area contributed by atoms with Crippen LogP contribution in [0.2, 0.25) is 0 Å². The molecule has 114 valence electrons. The molecule has 1 saturated heterocycles. The minimum absolute atomic E-state index is 0.339. The summed E-state index contributed by atoms with van der Waals surface area (Å²) in [5.41, 5.74) is 0.790. The predicted octanol–water partition coefficient (Wildman–Crippen LogP) is 0.00750. The van der Waals surface area contributed by atoms with Gasteiger partial charge in [-0.3, -0.25) is 19.7 Å². The molecule has 3 amide bonds. The average molecular weight is 287 g/mol. The van der Waals surface area contributed by atoms with Gasteiger partial charge in [-0.05, 0) is 33.6 Å². The van der Waals surface area contributed by atoms with E-state index in [9.17, 15) is 14.4 Å². The van der Waals surface area contributed by atoms with Gasteiger partial charge >= 0.3 is 6.09 Å². The van der Waals surface area contributed by atoms with Crippen LogP contribution in [0.5, 0.6) is 0 Å². The molecule has 0 aliphatic carbocycles. The standard InChI is InChI=1S/C12H21N3O5/c1-12(2,3)20-11(18)15-6-4-5-8(15)10(17)13-7-9(16)14-19/h8,19H,4-7H2,1-3H3,(H,13,17)(H,14,16)/t8-/m0/s1. The van der Waals surface area contributed by atoms with E-state index in [0.717, 1.165) is 0 Å². The SMILES string of the molecule is CC(C)(C)OC(=O)N1CCC[C@H]1C(=O)NCC(=O)NO. The second kappa shape index (κ2) is 6.56. The number of carbonyl (C=O) groups excluding carboxylic acids is 3. The smallest absolute Gasteiger partial charge is 0.410 e. The Morgan fingerprint density at radius 1 is 1.35 bits per heavy atom. The van der Waals surface area contributed by atoms with Crippen molar-refractivity contribution >= 4 is 17.9 Å². The van der Waals surface area contributed by atoms with E-state index in [-0.39, 0.29) is 6.54 Å². The first kappa shape index (κ1) is 16.2. The normalized spacial score (nSPS) is 18.6. The Hall–Kier alpha value is -1.83. The van der Waals surface area contributed by atoms with Crippen LogP contribution < -0.4 is 10.8 Å². The number of hydrogen-bond donors (Lipinski definition) is 3. The van der Waals surface area contributed by atoms with Crippen molar-refractivity contribution in [1.29, 1.82) is 0 Å². The van der Waals surface area contributed by atoms with E-state index in [4.69, 9.17) is 9.94 Å². The van der Waals surface area contributed by atoms with Gasteiger partial charge in [-0.15, -0.1) is 0 Å². The fourth-order valence-corrected chi connectivity index (χ4v) is 1.90. The van der Waals surface area contributed by atoms with Crippen LogP contribution in [0.3, 0.4) is 0 Å². The Kier molecular flexibility index (Phi) is 5.32. The highest BCUT2D eigenvalue weighted by molar-refractivity contribution is 5.89. The van der Waals surface area contributed by atoms with Gasteiger partial charge in [-0.2, -0.15) is 0 Å². The van der Waals surface area contributed by atoms with E-state index in [1.165, 1.54) is 10.4 Å². The van der Waals surface area contributed by atoms with Gasteiger partial charge in [0.25, 0.3) is 5.91 Å². The van der Waals surface area contributed by atoms with Gasteiger partial charge in [0, 0.05) is 6.54 Å². The molecule has 8 heteroatoms. The van der Waals surface area contributed by atoms with E-state index in [1.807, 2.05) is 0 Å². The molecule has 8 nitrogen and oxygen atoms in total. The summed E-state index contributed by atoms with van der Waals surface area (Å²) in [6, 6.07) is -0.642. The van der Waals surface area contributed by atoms with Crippen molar-refractivity contribution < 1.29 is 24.3 Å². The van der Waals surface area contributed by atoms with Crippen LogP contribution in [-0.4, -0.2) is 52.7 Å². The van der Waals surface area contributed by atoms with Crippen LogP contribution in [0.4, 0.5) is 4.79 Å². The van der Waals surface area contributed by atoms with Crippen LogP contribution >= 0.6 is 0 Å². The van der Waals surface area contributed by atoms with Crippen molar-refractivity contribution in [2.24, 2.45) is 0 Å². The molecule has 3 N–H and O–H groups in total. The first-order valence-corrected chi connectivity index (χ1v) is 6.45. The highest BCUT2D eigenvalue weighted by atomic mass is 16.6. The van der Waals surface area contributed by atoms with Gasteiger partial charge in [0.15, 0.2) is 0 Å². The Labute approximate surface area is 117 Å². The van der Waals surface area contributed by atoms with Crippen molar-refractivity contribution in [3.8, 4) is 0 Å². The number of hydrogen-bond acceptors (Lipinski definition) is 5. The maximum atomic E-state index is 12.0. The highest BCUT2D eigenvalue weighted by Crippen LogP contribution is 2.20. The molecule has 0 aromatic carbocycles. The quantitative estimate of drug-likeness (QED) is 0.500. The molecular weight excluding hydrogens is 266 g/mol. The van der Waals surface area contributed by atoms with Gasteiger partial charge < -0.3 is 10.1 Å². The minimum Gasteiger partial charge on any atom is -0.444 e. The lowest BCUT2D eigenvalue weighted by atomic mass is 10.2. The van der Waals surface area contributed by atoms with E-state index in [0.29, 0.717) is 19.4 Å². The molecule has 0 radical (unpaired) electrons. The summed E-state index contributed by atoms with van der Waals surface area (Å²) in [6.07, 6.45) is 0.678. The van der Waals surface area contributed by atoms with Crippen molar-refractivity contribution in [3.05, 3.63) is 0 Å². The summed E-state index contributed by atoms with van der Waals surface area (Å²) in [6.45, 7) is 5.36. The zero-order valence-electron chi connectivity index (χ0n) is 11.9. The third kappa shape index (κ3) is 4.69. The van der Waals surface area contributed by atoms with E-state index >= 15 is 0 Å². The Balaban J connectivity index is 2.58. The van der Waals surface area contributed by atoms with E-state index in [2.05, 4.69) is 5.32 Å². The summed E-state index contributed by atoms with van der Waals surface area (Å²) >= 11 is 0. The van der Waals surface area contributed by atoms with Crippen LogP contribution in [0.25, 0.3) is 0 Å². The topological polar surface area (TPSA) is 108 Å². The second-order valence-corrected chi connectivity index (χ2v) is 5.58. The van der Waals surface area contributed by atoms with Crippen LogP contribution in [0.15, 0.2) is 0 Å². The van der Waals surface area contributed by atoms with Gasteiger partial charge in [-0.1, -0.05) is 0 Å².